The Hall–Kier alpha value is -3.15. The van der Waals surface area contributed by atoms with Gasteiger partial charge in [0.15, 0.2) is 0 Å². The lowest BCUT2D eigenvalue weighted by molar-refractivity contribution is -0.138. The van der Waals surface area contributed by atoms with Crippen LogP contribution >= 0.6 is 0 Å². The largest absolute Gasteiger partial charge is 0.349 e. The zero-order valence-electron chi connectivity index (χ0n) is 16.0. The van der Waals surface area contributed by atoms with Gasteiger partial charge in [-0.25, -0.2) is 0 Å². The molecule has 0 fully saturated rings. The first-order chi connectivity index (χ1) is 12.7. The number of amides is 3. The predicted octanol–water partition coefficient (Wildman–Crippen LogP) is 3.49. The van der Waals surface area contributed by atoms with Gasteiger partial charge in [0.05, 0.1) is 6.04 Å². The smallest absolute Gasteiger partial charge is 0.239 e. The number of hydrogen-bond donors (Lipinski definition) is 3. The summed E-state index contributed by atoms with van der Waals surface area (Å²) in [5, 5.41) is 8.29. The van der Waals surface area contributed by atoms with Gasteiger partial charge in [0.1, 0.15) is 5.41 Å². The van der Waals surface area contributed by atoms with Crippen LogP contribution in [0, 0.1) is 5.41 Å². The van der Waals surface area contributed by atoms with Crippen molar-refractivity contribution in [2.45, 2.75) is 33.7 Å². The van der Waals surface area contributed by atoms with Crippen LogP contribution in [0.2, 0.25) is 0 Å². The van der Waals surface area contributed by atoms with Crippen LogP contribution in [0.4, 0.5) is 11.4 Å². The molecular weight excluding hydrogens is 342 g/mol. The molecule has 0 saturated carbocycles. The number of carbonyl (C=O) groups excluding carboxylic acids is 3. The molecule has 0 bridgehead atoms. The molecule has 6 nitrogen and oxygen atoms in total. The molecule has 0 radical (unpaired) electrons. The Balaban J connectivity index is 2.01. The van der Waals surface area contributed by atoms with E-state index in [1.165, 1.54) is 6.92 Å². The monoisotopic (exact) mass is 367 g/mol. The minimum atomic E-state index is -1.25. The maximum atomic E-state index is 12.6. The van der Waals surface area contributed by atoms with E-state index in [9.17, 15) is 14.4 Å². The number of carbonyl (C=O) groups is 3. The van der Waals surface area contributed by atoms with E-state index < -0.39 is 11.3 Å². The van der Waals surface area contributed by atoms with Crippen LogP contribution in [0.3, 0.4) is 0 Å². The summed E-state index contributed by atoms with van der Waals surface area (Å²) in [5.74, 6) is -0.934. The highest BCUT2D eigenvalue weighted by Gasteiger charge is 2.36. The molecule has 27 heavy (non-hydrogen) atoms. The Morgan fingerprint density at radius 2 is 1.33 bits per heavy atom. The van der Waals surface area contributed by atoms with Crippen molar-refractivity contribution in [3.8, 4) is 0 Å². The molecule has 2 aromatic carbocycles. The van der Waals surface area contributed by atoms with Gasteiger partial charge in [0, 0.05) is 18.3 Å². The van der Waals surface area contributed by atoms with Gasteiger partial charge >= 0.3 is 0 Å². The van der Waals surface area contributed by atoms with Gasteiger partial charge in [-0.05, 0) is 50.6 Å². The molecule has 0 heterocycles. The molecule has 6 heteroatoms. The number of rotatable bonds is 6. The fraction of sp³-hybridized carbons (Fsp3) is 0.286. The third-order valence-electron chi connectivity index (χ3n) is 4.25. The second-order valence-corrected chi connectivity index (χ2v) is 6.94. The topological polar surface area (TPSA) is 87.3 Å². The Labute approximate surface area is 159 Å². The molecule has 1 atom stereocenters. The van der Waals surface area contributed by atoms with E-state index in [0.717, 1.165) is 5.56 Å². The summed E-state index contributed by atoms with van der Waals surface area (Å²) in [6.45, 7) is 6.47. The molecule has 142 valence electrons. The molecule has 2 aromatic rings. The molecule has 0 aliphatic carbocycles. The van der Waals surface area contributed by atoms with Crippen LogP contribution in [0.1, 0.15) is 39.3 Å². The fourth-order valence-electron chi connectivity index (χ4n) is 2.43. The Kier molecular flexibility index (Phi) is 6.34. The number of nitrogens with one attached hydrogen (secondary N) is 3. The molecule has 2 rings (SSSR count). The first-order valence-electron chi connectivity index (χ1n) is 8.75. The van der Waals surface area contributed by atoms with Gasteiger partial charge in [-0.15, -0.1) is 0 Å². The fourth-order valence-corrected chi connectivity index (χ4v) is 2.43. The van der Waals surface area contributed by atoms with E-state index in [1.807, 2.05) is 37.3 Å². The lowest BCUT2D eigenvalue weighted by atomic mass is 9.90. The van der Waals surface area contributed by atoms with Gasteiger partial charge in [-0.1, -0.05) is 30.3 Å². The first-order valence-corrected chi connectivity index (χ1v) is 8.75. The van der Waals surface area contributed by atoms with Crippen molar-refractivity contribution < 1.29 is 14.4 Å². The molecular formula is C21H25N3O3. The van der Waals surface area contributed by atoms with E-state index in [1.54, 1.807) is 38.1 Å². The van der Waals surface area contributed by atoms with Gasteiger partial charge in [0.2, 0.25) is 17.7 Å². The summed E-state index contributed by atoms with van der Waals surface area (Å²) in [5.41, 5.74) is 0.898. The minimum absolute atomic E-state index is 0.169. The van der Waals surface area contributed by atoms with Crippen LogP contribution in [-0.2, 0) is 14.4 Å². The second-order valence-electron chi connectivity index (χ2n) is 6.94. The Bertz CT molecular complexity index is 814. The third-order valence-corrected chi connectivity index (χ3v) is 4.25. The summed E-state index contributed by atoms with van der Waals surface area (Å²) in [6.07, 6.45) is 0. The lowest BCUT2D eigenvalue weighted by Gasteiger charge is -2.25. The average Bonchev–Trinajstić information content (AvgIpc) is 2.63. The Morgan fingerprint density at radius 1 is 0.815 bits per heavy atom. The average molecular weight is 367 g/mol. The van der Waals surface area contributed by atoms with Crippen LogP contribution in [0.15, 0.2) is 54.6 Å². The zero-order chi connectivity index (χ0) is 20.0. The van der Waals surface area contributed by atoms with E-state index >= 15 is 0 Å². The molecule has 0 aliphatic heterocycles. The maximum Gasteiger partial charge on any atom is 0.239 e. The summed E-state index contributed by atoms with van der Waals surface area (Å²) < 4.78 is 0. The van der Waals surface area contributed by atoms with Crippen molar-refractivity contribution in [2.75, 3.05) is 10.6 Å². The third kappa shape index (κ3) is 5.41. The van der Waals surface area contributed by atoms with Gasteiger partial charge in [0.25, 0.3) is 0 Å². The van der Waals surface area contributed by atoms with Crippen LogP contribution in [0.5, 0.6) is 0 Å². The molecule has 3 N–H and O–H groups in total. The number of benzene rings is 2. The molecule has 0 spiro atoms. The molecule has 0 aromatic heterocycles. The zero-order valence-corrected chi connectivity index (χ0v) is 16.0. The molecule has 0 saturated heterocycles. The van der Waals surface area contributed by atoms with Crippen molar-refractivity contribution in [1.82, 2.24) is 5.32 Å². The van der Waals surface area contributed by atoms with E-state index in [2.05, 4.69) is 16.0 Å². The lowest BCUT2D eigenvalue weighted by Crippen LogP contribution is -2.45. The van der Waals surface area contributed by atoms with Gasteiger partial charge in [-0.3, -0.25) is 14.4 Å². The standard InChI is InChI=1S/C21H25N3O3/c1-14(16-8-6-5-7-9-16)22-19(26)21(3,4)20(27)24-18-12-10-17(11-13-18)23-15(2)25/h5-14H,1-4H3,(H,22,26)(H,23,25)(H,24,27). The van der Waals surface area contributed by atoms with Crippen molar-refractivity contribution in [1.29, 1.82) is 0 Å². The summed E-state index contributed by atoms with van der Waals surface area (Å²) in [7, 11) is 0. The van der Waals surface area contributed by atoms with Gasteiger partial charge in [-0.2, -0.15) is 0 Å². The quantitative estimate of drug-likeness (QED) is 0.683. The summed E-state index contributed by atoms with van der Waals surface area (Å²) in [6, 6.07) is 16.1. The van der Waals surface area contributed by atoms with Crippen molar-refractivity contribution in [3.05, 3.63) is 60.2 Å². The maximum absolute atomic E-state index is 12.6. The van der Waals surface area contributed by atoms with Crippen molar-refractivity contribution in [2.24, 2.45) is 5.41 Å². The first kappa shape index (κ1) is 20.2. The SMILES string of the molecule is CC(=O)Nc1ccc(NC(=O)C(C)(C)C(=O)NC(C)c2ccccc2)cc1. The summed E-state index contributed by atoms with van der Waals surface area (Å²) >= 11 is 0. The van der Waals surface area contributed by atoms with E-state index in [4.69, 9.17) is 0 Å². The molecule has 1 unspecified atom stereocenters. The summed E-state index contributed by atoms with van der Waals surface area (Å²) in [4.78, 5) is 36.3. The van der Waals surface area contributed by atoms with Crippen LogP contribution in [-0.4, -0.2) is 17.7 Å². The highest BCUT2D eigenvalue weighted by Crippen LogP contribution is 2.22. The normalized spacial score (nSPS) is 12.0. The van der Waals surface area contributed by atoms with Gasteiger partial charge < -0.3 is 16.0 Å². The van der Waals surface area contributed by atoms with Crippen molar-refractivity contribution >= 4 is 29.1 Å². The highest BCUT2D eigenvalue weighted by atomic mass is 16.2. The van der Waals surface area contributed by atoms with E-state index in [-0.39, 0.29) is 17.9 Å². The Morgan fingerprint density at radius 3 is 1.85 bits per heavy atom. The molecule has 3 amide bonds. The van der Waals surface area contributed by atoms with Crippen LogP contribution < -0.4 is 16.0 Å². The second kappa shape index (κ2) is 8.49. The highest BCUT2D eigenvalue weighted by molar-refractivity contribution is 6.10. The molecule has 0 aliphatic rings. The minimum Gasteiger partial charge on any atom is -0.349 e. The van der Waals surface area contributed by atoms with Crippen LogP contribution in [0.25, 0.3) is 0 Å². The number of anilines is 2. The van der Waals surface area contributed by atoms with Crippen molar-refractivity contribution in [3.63, 3.8) is 0 Å². The van der Waals surface area contributed by atoms with E-state index in [0.29, 0.717) is 11.4 Å². The number of hydrogen-bond acceptors (Lipinski definition) is 3. The predicted molar refractivity (Wildman–Crippen MR) is 106 cm³/mol.